The van der Waals surface area contributed by atoms with Crippen molar-refractivity contribution in [2.75, 3.05) is 14.2 Å². The van der Waals surface area contributed by atoms with Gasteiger partial charge in [-0.25, -0.2) is 0 Å². The molecule has 0 amide bonds. The third-order valence-corrected chi connectivity index (χ3v) is 3.90. The Hall–Kier alpha value is -1.22. The lowest BCUT2D eigenvalue weighted by molar-refractivity contribution is 0.194. The number of nitrogens with two attached hydrogens (primary N) is 1. The third-order valence-electron chi connectivity index (χ3n) is 3.90. The Morgan fingerprint density at radius 1 is 1.29 bits per heavy atom. The molecular formula is C14H21NO2. The maximum atomic E-state index is 6.04. The molecule has 1 aliphatic carbocycles. The first-order chi connectivity index (χ1) is 8.21. The fraction of sp³-hybridized carbons (Fsp3) is 0.571. The molecule has 2 N–H and O–H groups in total. The van der Waals surface area contributed by atoms with E-state index in [2.05, 4.69) is 13.0 Å². The Morgan fingerprint density at radius 3 is 2.59 bits per heavy atom. The maximum absolute atomic E-state index is 6.04. The third kappa shape index (κ3) is 2.12. The molecule has 0 bridgehead atoms. The van der Waals surface area contributed by atoms with Gasteiger partial charge in [-0.05, 0) is 29.9 Å². The van der Waals surface area contributed by atoms with Crippen LogP contribution < -0.4 is 15.2 Å². The number of ether oxygens (including phenoxy) is 2. The highest BCUT2D eigenvalue weighted by Gasteiger charge is 2.39. The SMILES string of the molecule is CCC1C(N)CC1c1ccc(OC)cc1OC. The molecule has 0 spiro atoms. The minimum Gasteiger partial charge on any atom is -0.497 e. The Morgan fingerprint density at radius 2 is 2.06 bits per heavy atom. The molecule has 3 unspecified atom stereocenters. The van der Waals surface area contributed by atoms with E-state index >= 15 is 0 Å². The second-order valence-corrected chi connectivity index (χ2v) is 4.69. The van der Waals surface area contributed by atoms with E-state index < -0.39 is 0 Å². The molecule has 94 valence electrons. The quantitative estimate of drug-likeness (QED) is 0.872. The molecule has 0 aliphatic heterocycles. The van der Waals surface area contributed by atoms with Crippen molar-refractivity contribution >= 4 is 0 Å². The minimum absolute atomic E-state index is 0.344. The van der Waals surface area contributed by atoms with Crippen molar-refractivity contribution in [1.29, 1.82) is 0 Å². The molecule has 3 nitrogen and oxygen atoms in total. The van der Waals surface area contributed by atoms with Crippen LogP contribution in [0.15, 0.2) is 18.2 Å². The van der Waals surface area contributed by atoms with Crippen LogP contribution in [-0.2, 0) is 0 Å². The predicted octanol–water partition coefficient (Wildman–Crippen LogP) is 2.54. The normalized spacial score (nSPS) is 27.4. The molecule has 1 aromatic rings. The van der Waals surface area contributed by atoms with E-state index in [-0.39, 0.29) is 0 Å². The predicted molar refractivity (Wildman–Crippen MR) is 68.7 cm³/mol. The van der Waals surface area contributed by atoms with E-state index in [9.17, 15) is 0 Å². The number of hydrogen-bond acceptors (Lipinski definition) is 3. The topological polar surface area (TPSA) is 44.5 Å². The molecule has 1 saturated carbocycles. The molecule has 0 saturated heterocycles. The van der Waals surface area contributed by atoms with Crippen molar-refractivity contribution in [2.24, 2.45) is 11.7 Å². The molecule has 0 aromatic heterocycles. The molecule has 0 radical (unpaired) electrons. The summed E-state index contributed by atoms with van der Waals surface area (Å²) in [7, 11) is 3.38. The standard InChI is InChI=1S/C14H21NO2/c1-4-10-12(8-13(10)15)11-6-5-9(16-2)7-14(11)17-3/h5-7,10,12-13H,4,8,15H2,1-3H3. The minimum atomic E-state index is 0.344. The summed E-state index contributed by atoms with van der Waals surface area (Å²) in [6.45, 7) is 2.20. The highest BCUT2D eigenvalue weighted by Crippen LogP contribution is 2.47. The van der Waals surface area contributed by atoms with Crippen LogP contribution in [0, 0.1) is 5.92 Å². The summed E-state index contributed by atoms with van der Waals surface area (Å²) in [5, 5.41) is 0. The van der Waals surface area contributed by atoms with E-state index in [1.165, 1.54) is 5.56 Å². The van der Waals surface area contributed by atoms with E-state index in [0.29, 0.717) is 17.9 Å². The van der Waals surface area contributed by atoms with Gasteiger partial charge in [0.05, 0.1) is 14.2 Å². The van der Waals surface area contributed by atoms with Gasteiger partial charge in [0.25, 0.3) is 0 Å². The largest absolute Gasteiger partial charge is 0.497 e. The van der Waals surface area contributed by atoms with Gasteiger partial charge in [-0.1, -0.05) is 19.4 Å². The van der Waals surface area contributed by atoms with Gasteiger partial charge in [-0.2, -0.15) is 0 Å². The molecule has 1 aliphatic rings. The fourth-order valence-electron chi connectivity index (χ4n) is 2.81. The van der Waals surface area contributed by atoms with Crippen LogP contribution in [0.3, 0.4) is 0 Å². The lowest BCUT2D eigenvalue weighted by Crippen LogP contribution is -2.45. The Labute approximate surface area is 103 Å². The Bertz CT molecular complexity index is 392. The van der Waals surface area contributed by atoms with Crippen LogP contribution in [0.5, 0.6) is 11.5 Å². The first kappa shape index (κ1) is 12.2. The first-order valence-electron chi connectivity index (χ1n) is 6.18. The van der Waals surface area contributed by atoms with Gasteiger partial charge in [0, 0.05) is 12.1 Å². The molecule has 2 rings (SSSR count). The molecule has 3 atom stereocenters. The van der Waals surface area contributed by atoms with Gasteiger partial charge >= 0.3 is 0 Å². The molecule has 1 fully saturated rings. The average Bonchev–Trinajstić information content (AvgIpc) is 2.35. The van der Waals surface area contributed by atoms with Crippen molar-refractivity contribution in [3.63, 3.8) is 0 Å². The van der Waals surface area contributed by atoms with Crippen molar-refractivity contribution in [3.05, 3.63) is 23.8 Å². The van der Waals surface area contributed by atoms with Crippen LogP contribution >= 0.6 is 0 Å². The fourth-order valence-corrected chi connectivity index (χ4v) is 2.81. The summed E-state index contributed by atoms with van der Waals surface area (Å²) in [5.41, 5.74) is 7.31. The van der Waals surface area contributed by atoms with Crippen LogP contribution in [-0.4, -0.2) is 20.3 Å². The van der Waals surface area contributed by atoms with Crippen molar-refractivity contribution in [1.82, 2.24) is 0 Å². The van der Waals surface area contributed by atoms with E-state index in [4.69, 9.17) is 15.2 Å². The summed E-state index contributed by atoms with van der Waals surface area (Å²) in [5.74, 6) is 2.87. The molecule has 1 aromatic carbocycles. The molecule has 3 heteroatoms. The summed E-state index contributed by atoms with van der Waals surface area (Å²) in [6, 6.07) is 6.40. The van der Waals surface area contributed by atoms with Crippen LogP contribution in [0.25, 0.3) is 0 Å². The van der Waals surface area contributed by atoms with Crippen molar-refractivity contribution in [2.45, 2.75) is 31.7 Å². The maximum Gasteiger partial charge on any atom is 0.126 e. The second-order valence-electron chi connectivity index (χ2n) is 4.69. The van der Waals surface area contributed by atoms with Crippen LogP contribution in [0.2, 0.25) is 0 Å². The van der Waals surface area contributed by atoms with E-state index in [0.717, 1.165) is 24.3 Å². The van der Waals surface area contributed by atoms with Gasteiger partial charge in [0.1, 0.15) is 11.5 Å². The zero-order chi connectivity index (χ0) is 12.4. The molecule has 0 heterocycles. The summed E-state index contributed by atoms with van der Waals surface area (Å²) >= 11 is 0. The van der Waals surface area contributed by atoms with Gasteiger partial charge in [-0.15, -0.1) is 0 Å². The van der Waals surface area contributed by atoms with Gasteiger partial charge in [-0.3, -0.25) is 0 Å². The Kier molecular flexibility index (Phi) is 3.57. The average molecular weight is 235 g/mol. The van der Waals surface area contributed by atoms with Gasteiger partial charge in [0.2, 0.25) is 0 Å². The lowest BCUT2D eigenvalue weighted by atomic mass is 9.65. The summed E-state index contributed by atoms with van der Waals surface area (Å²) in [4.78, 5) is 0. The first-order valence-corrected chi connectivity index (χ1v) is 6.18. The molecular weight excluding hydrogens is 214 g/mol. The zero-order valence-corrected chi connectivity index (χ0v) is 10.8. The summed E-state index contributed by atoms with van der Waals surface area (Å²) < 4.78 is 10.7. The van der Waals surface area contributed by atoms with E-state index in [1.807, 2.05) is 12.1 Å². The number of methoxy groups -OCH3 is 2. The van der Waals surface area contributed by atoms with E-state index in [1.54, 1.807) is 14.2 Å². The van der Waals surface area contributed by atoms with Gasteiger partial charge in [0.15, 0.2) is 0 Å². The lowest BCUT2D eigenvalue weighted by Gasteiger charge is -2.43. The van der Waals surface area contributed by atoms with Crippen molar-refractivity contribution in [3.8, 4) is 11.5 Å². The number of rotatable bonds is 4. The second kappa shape index (κ2) is 4.96. The summed E-state index contributed by atoms with van der Waals surface area (Å²) in [6.07, 6.45) is 2.18. The monoisotopic (exact) mass is 235 g/mol. The zero-order valence-electron chi connectivity index (χ0n) is 10.8. The smallest absolute Gasteiger partial charge is 0.126 e. The van der Waals surface area contributed by atoms with Gasteiger partial charge < -0.3 is 15.2 Å². The molecule has 17 heavy (non-hydrogen) atoms. The van der Waals surface area contributed by atoms with Crippen molar-refractivity contribution < 1.29 is 9.47 Å². The highest BCUT2D eigenvalue weighted by atomic mass is 16.5. The number of benzene rings is 1. The van der Waals surface area contributed by atoms with Crippen LogP contribution in [0.4, 0.5) is 0 Å². The Balaban J connectivity index is 2.26. The van der Waals surface area contributed by atoms with Crippen LogP contribution in [0.1, 0.15) is 31.2 Å². The number of hydrogen-bond donors (Lipinski definition) is 1. The highest BCUT2D eigenvalue weighted by molar-refractivity contribution is 5.44.